The molecule has 0 aromatic heterocycles. The van der Waals surface area contributed by atoms with Crippen LogP contribution in [-0.4, -0.2) is 55.2 Å². The van der Waals surface area contributed by atoms with Gasteiger partial charge in [-0.1, -0.05) is 262 Å². The largest absolute Gasteiger partial charge is 0.472 e. The summed E-state index contributed by atoms with van der Waals surface area (Å²) in [5, 5.41) is 2.74. The summed E-state index contributed by atoms with van der Waals surface area (Å²) >= 11 is 0. The minimum Gasteiger partial charge on any atom is -0.462 e. The Hall–Kier alpha value is -2.52. The average molecular weight is 1030 g/mol. The molecule has 0 bridgehead atoms. The molecular weight excluding hydrogens is 922 g/mol. The van der Waals surface area contributed by atoms with Crippen LogP contribution in [0.25, 0.3) is 0 Å². The number of rotatable bonds is 56. The lowest BCUT2D eigenvalue weighted by Gasteiger charge is -2.20. The van der Waals surface area contributed by atoms with Crippen LogP contribution in [0.4, 0.5) is 0 Å². The minimum absolute atomic E-state index is 0.0558. The normalized spacial score (nSPS) is 13.2. The summed E-state index contributed by atoms with van der Waals surface area (Å²) in [6.07, 6.45) is 63.3. The van der Waals surface area contributed by atoms with Gasteiger partial charge in [0.2, 0.25) is 5.91 Å². The van der Waals surface area contributed by atoms with Crippen molar-refractivity contribution in [1.82, 2.24) is 5.32 Å². The molecule has 2 N–H and O–H groups in total. The molecule has 0 aliphatic heterocycles. The molecule has 2 atom stereocenters. The van der Waals surface area contributed by atoms with Crippen LogP contribution in [0.2, 0.25) is 0 Å². The van der Waals surface area contributed by atoms with E-state index in [-0.39, 0.29) is 38.5 Å². The van der Waals surface area contributed by atoms with Crippen molar-refractivity contribution in [3.8, 4) is 0 Å². The number of amides is 1. The van der Waals surface area contributed by atoms with Crippen molar-refractivity contribution >= 4 is 25.7 Å². The van der Waals surface area contributed by atoms with Crippen LogP contribution in [-0.2, 0) is 37.5 Å². The summed E-state index contributed by atoms with van der Waals surface area (Å²) in [6, 6.07) is 0. The molecular formula is C61H112NO9P. The van der Waals surface area contributed by atoms with Crippen LogP contribution in [0.5, 0.6) is 0 Å². The molecule has 0 rings (SSSR count). The minimum atomic E-state index is -4.56. The predicted octanol–water partition coefficient (Wildman–Crippen LogP) is 18.4. The smallest absolute Gasteiger partial charge is 0.462 e. The van der Waals surface area contributed by atoms with Crippen LogP contribution in [0.3, 0.4) is 0 Å². The number of carbonyl (C=O) groups excluding carboxylic acids is 3. The Kier molecular flexibility index (Phi) is 54.2. The molecule has 0 fully saturated rings. The third kappa shape index (κ3) is 55.2. The van der Waals surface area contributed by atoms with Gasteiger partial charge in [-0.05, 0) is 57.8 Å². The van der Waals surface area contributed by atoms with Gasteiger partial charge in [0.05, 0.1) is 13.2 Å². The highest BCUT2D eigenvalue weighted by Gasteiger charge is 2.26. The Balaban J connectivity index is 4.57. The average Bonchev–Trinajstić information content (AvgIpc) is 3.37. The predicted molar refractivity (Wildman–Crippen MR) is 303 cm³/mol. The molecule has 1 amide bonds. The fourth-order valence-corrected chi connectivity index (χ4v) is 9.25. The first-order valence-corrected chi connectivity index (χ1v) is 31.6. The maximum absolute atomic E-state index is 12.8. The van der Waals surface area contributed by atoms with E-state index in [1.807, 2.05) is 6.08 Å². The zero-order valence-electron chi connectivity index (χ0n) is 46.9. The molecule has 11 heteroatoms. The summed E-state index contributed by atoms with van der Waals surface area (Å²) < 4.78 is 34.1. The third-order valence-electron chi connectivity index (χ3n) is 13.0. The quantitative estimate of drug-likeness (QED) is 0.0264. The van der Waals surface area contributed by atoms with E-state index < -0.39 is 32.5 Å². The Bertz CT molecular complexity index is 1380. The Labute approximate surface area is 443 Å². The fraction of sp³-hybridized carbons (Fsp3) is 0.820. The van der Waals surface area contributed by atoms with Crippen molar-refractivity contribution < 1.29 is 42.4 Å². The molecule has 0 saturated carbocycles. The van der Waals surface area contributed by atoms with E-state index in [0.29, 0.717) is 25.7 Å². The number of nitrogens with one attached hydrogen (secondary N) is 1. The van der Waals surface area contributed by atoms with E-state index in [4.69, 9.17) is 18.5 Å². The lowest BCUT2D eigenvalue weighted by Crippen LogP contribution is -2.30. The number of hydrogen-bond acceptors (Lipinski definition) is 8. The topological polar surface area (TPSA) is 137 Å². The van der Waals surface area contributed by atoms with Crippen LogP contribution in [0.1, 0.15) is 290 Å². The lowest BCUT2D eigenvalue weighted by molar-refractivity contribution is -0.161. The second kappa shape index (κ2) is 56.2. The van der Waals surface area contributed by atoms with E-state index in [0.717, 1.165) is 57.8 Å². The molecule has 1 unspecified atom stereocenters. The maximum atomic E-state index is 12.8. The van der Waals surface area contributed by atoms with Gasteiger partial charge in [-0.25, -0.2) is 4.57 Å². The first-order valence-electron chi connectivity index (χ1n) is 30.1. The van der Waals surface area contributed by atoms with Crippen molar-refractivity contribution in [3.63, 3.8) is 0 Å². The zero-order valence-corrected chi connectivity index (χ0v) is 47.8. The molecule has 0 spiro atoms. The zero-order chi connectivity index (χ0) is 52.5. The molecule has 0 saturated heterocycles. The molecule has 420 valence electrons. The first kappa shape index (κ1) is 69.5. The van der Waals surface area contributed by atoms with E-state index in [2.05, 4.69) is 68.6 Å². The van der Waals surface area contributed by atoms with E-state index >= 15 is 0 Å². The molecule has 0 aromatic rings. The van der Waals surface area contributed by atoms with Gasteiger partial charge in [0.15, 0.2) is 6.10 Å². The van der Waals surface area contributed by atoms with Crippen molar-refractivity contribution in [3.05, 3.63) is 48.6 Å². The Morgan fingerprint density at radius 1 is 0.431 bits per heavy atom. The van der Waals surface area contributed by atoms with Gasteiger partial charge >= 0.3 is 19.8 Å². The summed E-state index contributed by atoms with van der Waals surface area (Å²) in [5.74, 6) is -1.04. The molecule has 0 heterocycles. The molecule has 0 aliphatic rings. The van der Waals surface area contributed by atoms with E-state index in [9.17, 15) is 23.8 Å². The van der Waals surface area contributed by atoms with Crippen LogP contribution in [0, 0.1) is 0 Å². The van der Waals surface area contributed by atoms with Crippen LogP contribution >= 0.6 is 7.82 Å². The highest BCUT2D eigenvalue weighted by atomic mass is 31.2. The molecule has 10 nitrogen and oxygen atoms in total. The summed E-state index contributed by atoms with van der Waals surface area (Å²) in [5.41, 5.74) is 0. The second-order valence-electron chi connectivity index (χ2n) is 20.1. The number of ether oxygens (including phenoxy) is 2. The van der Waals surface area contributed by atoms with Crippen LogP contribution in [0.15, 0.2) is 48.6 Å². The standard InChI is InChI=1S/C61H112NO9P/c1-4-7-10-13-16-19-22-25-28-29-32-35-38-41-44-47-50-53-61(65)71-58(56-68-60(64)52-49-46-43-40-37-34-31-27-24-21-18-15-12-9-6-3)57-70-72(66,67)69-55-54-62-59(63)51-48-45-42-39-36-33-30-26-23-20-17-14-11-8-5-2/h16,19,25,28,32,35,41,44,58H,4-15,17-18,20-24,26-27,29-31,33-34,36-40,42-43,45-57H2,1-3H3,(H,62,63)(H,66,67)/b19-16-,28-25-,35-32-,44-41-/t58-/m1/s1. The molecule has 0 aliphatic carbocycles. The molecule has 0 aromatic carbocycles. The van der Waals surface area contributed by atoms with Gasteiger partial charge in [0.1, 0.15) is 6.61 Å². The lowest BCUT2D eigenvalue weighted by atomic mass is 10.0. The Morgan fingerprint density at radius 2 is 0.792 bits per heavy atom. The van der Waals surface area contributed by atoms with Gasteiger partial charge in [-0.2, -0.15) is 0 Å². The van der Waals surface area contributed by atoms with Crippen molar-refractivity contribution in [2.24, 2.45) is 0 Å². The van der Waals surface area contributed by atoms with Gasteiger partial charge < -0.3 is 19.7 Å². The van der Waals surface area contributed by atoms with Gasteiger partial charge in [-0.15, -0.1) is 0 Å². The summed E-state index contributed by atoms with van der Waals surface area (Å²) in [6.45, 7) is 5.78. The molecule has 72 heavy (non-hydrogen) atoms. The highest BCUT2D eigenvalue weighted by Crippen LogP contribution is 2.43. The monoisotopic (exact) mass is 1030 g/mol. The number of unbranched alkanes of at least 4 members (excludes halogenated alkanes) is 32. The Morgan fingerprint density at radius 3 is 1.24 bits per heavy atom. The number of allylic oxidation sites excluding steroid dienone is 8. The molecule has 0 radical (unpaired) electrons. The van der Waals surface area contributed by atoms with Crippen LogP contribution < -0.4 is 5.32 Å². The highest BCUT2D eigenvalue weighted by molar-refractivity contribution is 7.47. The number of carbonyl (C=O) groups is 3. The van der Waals surface area contributed by atoms with Gasteiger partial charge in [0, 0.05) is 25.8 Å². The number of phosphoric acid groups is 1. The first-order chi connectivity index (χ1) is 35.2. The van der Waals surface area contributed by atoms with Gasteiger partial charge in [-0.3, -0.25) is 23.4 Å². The number of phosphoric ester groups is 1. The van der Waals surface area contributed by atoms with Gasteiger partial charge in [0.25, 0.3) is 0 Å². The van der Waals surface area contributed by atoms with Crippen molar-refractivity contribution in [1.29, 1.82) is 0 Å². The summed E-state index contributed by atoms with van der Waals surface area (Å²) in [7, 11) is -4.56. The maximum Gasteiger partial charge on any atom is 0.472 e. The van der Waals surface area contributed by atoms with E-state index in [1.54, 1.807) is 0 Å². The number of esters is 2. The van der Waals surface area contributed by atoms with Crippen molar-refractivity contribution in [2.75, 3.05) is 26.4 Å². The summed E-state index contributed by atoms with van der Waals surface area (Å²) in [4.78, 5) is 48.2. The third-order valence-corrected chi connectivity index (χ3v) is 14.0. The fourth-order valence-electron chi connectivity index (χ4n) is 8.50. The second-order valence-corrected chi connectivity index (χ2v) is 21.6. The van der Waals surface area contributed by atoms with E-state index in [1.165, 1.54) is 173 Å². The number of hydrogen-bond donors (Lipinski definition) is 2. The SMILES string of the molecule is CCCCC/C=C\C/C=C\C/C=C\C/C=C\CCCC(=O)O[C@H](COC(=O)CCCCCCCCCCCCCCCCC)COP(=O)(O)OCCNC(=O)CCCCCCCCCCCCCCCCC. The van der Waals surface area contributed by atoms with Crippen molar-refractivity contribution in [2.45, 2.75) is 297 Å².